The number of β-amino-alcohol motifs (C(OH)–C–C–N with tert-alkyl or cyclic N) is 1. The summed E-state index contributed by atoms with van der Waals surface area (Å²) in [6, 6.07) is 7.76. The van der Waals surface area contributed by atoms with Crippen LogP contribution in [0.4, 0.5) is 0 Å². The number of fused-ring (bicyclic) bond motifs is 6. The first-order chi connectivity index (χ1) is 14.6. The lowest BCUT2D eigenvalue weighted by Crippen LogP contribution is -2.34. The molecule has 0 radical (unpaired) electrons. The Morgan fingerprint density at radius 3 is 2.00 bits per heavy atom. The second-order valence-corrected chi connectivity index (χ2v) is 7.88. The Kier molecular flexibility index (Phi) is 5.84. The van der Waals surface area contributed by atoms with E-state index in [-0.39, 0.29) is 13.2 Å². The van der Waals surface area contributed by atoms with Gasteiger partial charge in [0.2, 0.25) is 0 Å². The van der Waals surface area contributed by atoms with Crippen molar-refractivity contribution in [3.63, 3.8) is 0 Å². The van der Waals surface area contributed by atoms with Crippen molar-refractivity contribution in [2.24, 2.45) is 0 Å². The van der Waals surface area contributed by atoms with E-state index in [4.69, 9.17) is 9.47 Å². The molecule has 1 unspecified atom stereocenters. The second kappa shape index (κ2) is 8.40. The quantitative estimate of drug-likeness (QED) is 0.540. The normalized spacial score (nSPS) is 16.8. The zero-order chi connectivity index (χ0) is 21.4. The Bertz CT molecular complexity index is 1090. The van der Waals surface area contributed by atoms with Crippen LogP contribution in [0.1, 0.15) is 41.7 Å². The molecule has 0 spiro atoms. The summed E-state index contributed by atoms with van der Waals surface area (Å²) in [5, 5.41) is 34.7. The highest BCUT2D eigenvalue weighted by Crippen LogP contribution is 2.43. The molecule has 1 aliphatic heterocycles. The molecule has 160 valence electrons. The van der Waals surface area contributed by atoms with Crippen molar-refractivity contribution in [1.82, 2.24) is 4.90 Å². The van der Waals surface area contributed by atoms with Gasteiger partial charge in [0, 0.05) is 24.2 Å². The molecule has 4 rings (SSSR count). The topological polar surface area (TPSA) is 82.4 Å². The van der Waals surface area contributed by atoms with Gasteiger partial charge in [-0.25, -0.2) is 0 Å². The molecule has 0 saturated heterocycles. The molecule has 0 bridgehead atoms. The van der Waals surface area contributed by atoms with Crippen molar-refractivity contribution in [3.8, 4) is 11.5 Å². The predicted molar refractivity (Wildman–Crippen MR) is 117 cm³/mol. The van der Waals surface area contributed by atoms with Crippen LogP contribution in [-0.4, -0.2) is 47.5 Å². The van der Waals surface area contributed by atoms with Crippen LogP contribution >= 0.6 is 0 Å². The van der Waals surface area contributed by atoms with E-state index in [9.17, 15) is 15.3 Å². The number of hydrogen-bond acceptors (Lipinski definition) is 6. The molecule has 6 heteroatoms. The van der Waals surface area contributed by atoms with Crippen LogP contribution in [-0.2, 0) is 19.8 Å². The maximum atomic E-state index is 11.1. The van der Waals surface area contributed by atoms with Gasteiger partial charge in [0.1, 0.15) is 11.5 Å². The molecule has 0 fully saturated rings. The molecular formula is C24H29NO5. The monoisotopic (exact) mass is 411 g/mol. The molecule has 0 aromatic heterocycles. The highest BCUT2D eigenvalue weighted by molar-refractivity contribution is 6.12. The molecule has 30 heavy (non-hydrogen) atoms. The Morgan fingerprint density at radius 1 is 0.900 bits per heavy atom. The van der Waals surface area contributed by atoms with Gasteiger partial charge in [0.15, 0.2) is 0 Å². The van der Waals surface area contributed by atoms with E-state index in [1.54, 1.807) is 14.2 Å². The Labute approximate surface area is 176 Å². The molecular weight excluding hydrogens is 382 g/mol. The summed E-state index contributed by atoms with van der Waals surface area (Å²) in [5.74, 6) is 1.23. The molecule has 6 nitrogen and oxygen atoms in total. The number of aliphatic hydroxyl groups excluding tert-OH is 3. The van der Waals surface area contributed by atoms with E-state index in [1.165, 1.54) is 0 Å². The van der Waals surface area contributed by atoms with Crippen molar-refractivity contribution >= 4 is 21.5 Å². The second-order valence-electron chi connectivity index (χ2n) is 7.88. The van der Waals surface area contributed by atoms with E-state index in [1.807, 2.05) is 24.3 Å². The molecule has 1 heterocycles. The maximum Gasteiger partial charge on any atom is 0.125 e. The van der Waals surface area contributed by atoms with Gasteiger partial charge >= 0.3 is 0 Å². The number of methoxy groups -OCH3 is 2. The summed E-state index contributed by atoms with van der Waals surface area (Å²) >= 11 is 0. The molecule has 0 saturated carbocycles. The van der Waals surface area contributed by atoms with Gasteiger partial charge in [0.25, 0.3) is 0 Å². The number of rotatable bonds is 6. The summed E-state index contributed by atoms with van der Waals surface area (Å²) in [5.41, 5.74) is 3.37. The third-order valence-electron chi connectivity index (χ3n) is 6.10. The molecule has 3 N–H and O–H groups in total. The minimum atomic E-state index is -0.625. The highest BCUT2D eigenvalue weighted by Gasteiger charge is 2.29. The fraction of sp³-hybridized carbons (Fsp3) is 0.417. The van der Waals surface area contributed by atoms with Crippen molar-refractivity contribution in [2.45, 2.75) is 39.2 Å². The predicted octanol–water partition coefficient (Wildman–Crippen LogP) is 3.25. The largest absolute Gasteiger partial charge is 0.496 e. The van der Waals surface area contributed by atoms with Crippen molar-refractivity contribution < 1.29 is 24.8 Å². The summed E-state index contributed by atoms with van der Waals surface area (Å²) in [7, 11) is 3.18. The van der Waals surface area contributed by atoms with Crippen LogP contribution < -0.4 is 9.47 Å². The van der Waals surface area contributed by atoms with Gasteiger partial charge in [-0.1, -0.05) is 6.92 Å². The van der Waals surface area contributed by atoms with Crippen LogP contribution in [0, 0.1) is 0 Å². The third-order valence-corrected chi connectivity index (χ3v) is 6.10. The minimum absolute atomic E-state index is 0.134. The molecule has 1 aliphatic rings. The van der Waals surface area contributed by atoms with Crippen molar-refractivity contribution in [3.05, 3.63) is 46.5 Å². The van der Waals surface area contributed by atoms with Crippen LogP contribution in [0.15, 0.2) is 24.3 Å². The Hall–Kier alpha value is -2.38. The molecule has 0 aliphatic carbocycles. The SMILES string of the molecule is CCCN1Cc2c(c3cc(OC)c(CO)cc3c3cc(CO)c(OC)cc23)C(O)C1. The zero-order valence-electron chi connectivity index (χ0n) is 17.7. The first-order valence-electron chi connectivity index (χ1n) is 10.3. The number of ether oxygens (including phenoxy) is 2. The molecule has 3 aromatic rings. The summed E-state index contributed by atoms with van der Waals surface area (Å²) < 4.78 is 11.0. The minimum Gasteiger partial charge on any atom is -0.496 e. The lowest BCUT2D eigenvalue weighted by Gasteiger charge is -2.34. The van der Waals surface area contributed by atoms with Gasteiger partial charge in [-0.15, -0.1) is 0 Å². The zero-order valence-corrected chi connectivity index (χ0v) is 17.7. The lowest BCUT2D eigenvalue weighted by atomic mass is 9.85. The van der Waals surface area contributed by atoms with Crippen LogP contribution in [0.2, 0.25) is 0 Å². The average molecular weight is 411 g/mol. The van der Waals surface area contributed by atoms with E-state index >= 15 is 0 Å². The van der Waals surface area contributed by atoms with E-state index in [0.717, 1.165) is 52.2 Å². The van der Waals surface area contributed by atoms with E-state index in [0.29, 0.717) is 29.2 Å². The summed E-state index contributed by atoms with van der Waals surface area (Å²) in [6.45, 7) is 4.08. The summed E-state index contributed by atoms with van der Waals surface area (Å²) in [4.78, 5) is 2.27. The molecule has 3 aromatic carbocycles. The van der Waals surface area contributed by atoms with Crippen LogP contribution in [0.3, 0.4) is 0 Å². The smallest absolute Gasteiger partial charge is 0.125 e. The lowest BCUT2D eigenvalue weighted by molar-refractivity contribution is 0.0945. The van der Waals surface area contributed by atoms with Crippen molar-refractivity contribution in [2.75, 3.05) is 27.3 Å². The van der Waals surface area contributed by atoms with Crippen LogP contribution in [0.25, 0.3) is 21.5 Å². The number of benzene rings is 3. The first kappa shape index (κ1) is 20.9. The average Bonchev–Trinajstić information content (AvgIpc) is 2.77. The Morgan fingerprint density at radius 2 is 1.47 bits per heavy atom. The first-order valence-corrected chi connectivity index (χ1v) is 10.3. The van der Waals surface area contributed by atoms with E-state index < -0.39 is 6.10 Å². The maximum absolute atomic E-state index is 11.1. The Balaban J connectivity index is 2.14. The van der Waals surface area contributed by atoms with Gasteiger partial charge in [-0.3, -0.25) is 4.90 Å². The fourth-order valence-corrected chi connectivity index (χ4v) is 4.76. The fourth-order valence-electron chi connectivity index (χ4n) is 4.76. The van der Waals surface area contributed by atoms with Gasteiger partial charge < -0.3 is 24.8 Å². The number of nitrogens with zero attached hydrogens (tertiary/aromatic N) is 1. The van der Waals surface area contributed by atoms with E-state index in [2.05, 4.69) is 11.8 Å². The third kappa shape index (κ3) is 3.30. The van der Waals surface area contributed by atoms with Crippen LogP contribution in [0.5, 0.6) is 11.5 Å². The summed E-state index contributed by atoms with van der Waals surface area (Å²) in [6.07, 6.45) is 0.388. The standard InChI is InChI=1S/C24H29NO5/c1-4-5-25-10-20-18-8-22(29-2)14(12-26)6-16(18)17-7-15(13-27)23(30-3)9-19(17)24(20)21(28)11-25/h6-9,21,26-28H,4-5,10-13H2,1-3H3. The number of hydrogen-bond donors (Lipinski definition) is 3. The van der Waals surface area contributed by atoms with Crippen molar-refractivity contribution in [1.29, 1.82) is 0 Å². The van der Waals surface area contributed by atoms with Gasteiger partial charge in [-0.2, -0.15) is 0 Å². The highest BCUT2D eigenvalue weighted by atomic mass is 16.5. The molecule has 1 atom stereocenters. The van der Waals surface area contributed by atoms with Gasteiger partial charge in [0.05, 0.1) is 33.5 Å². The number of aliphatic hydroxyl groups is 3. The molecule has 0 amide bonds. The van der Waals surface area contributed by atoms with Gasteiger partial charge in [-0.05, 0) is 69.9 Å².